The van der Waals surface area contributed by atoms with Crippen molar-refractivity contribution < 1.29 is 33.2 Å². The lowest BCUT2D eigenvalue weighted by Crippen LogP contribution is -2.29. The Labute approximate surface area is 168 Å². The van der Waals surface area contributed by atoms with E-state index in [-0.39, 0.29) is 30.7 Å². The van der Waals surface area contributed by atoms with Gasteiger partial charge in [0, 0.05) is 11.8 Å². The third-order valence-electron chi connectivity index (χ3n) is 6.16. The maximum absolute atomic E-state index is 12.0. The average molecular weight is 398 g/mol. The summed E-state index contributed by atoms with van der Waals surface area (Å²) in [5.74, 6) is 2.78. The van der Waals surface area contributed by atoms with Crippen LogP contribution in [0.15, 0.2) is 24.3 Å². The van der Waals surface area contributed by atoms with Gasteiger partial charge in [0.1, 0.15) is 6.29 Å². The van der Waals surface area contributed by atoms with Crippen LogP contribution >= 0.6 is 0 Å². The first-order valence-electron chi connectivity index (χ1n) is 9.50. The predicted molar refractivity (Wildman–Crippen MR) is 102 cm³/mol. The highest BCUT2D eigenvalue weighted by Crippen LogP contribution is 2.57. The molecule has 0 radical (unpaired) electrons. The van der Waals surface area contributed by atoms with Gasteiger partial charge in [-0.2, -0.15) is 0 Å². The van der Waals surface area contributed by atoms with Crippen molar-refractivity contribution in [3.8, 4) is 28.7 Å². The van der Waals surface area contributed by atoms with E-state index in [4.69, 9.17) is 28.4 Å². The largest absolute Gasteiger partial charge is 0.493 e. The molecule has 0 amide bonds. The molecule has 7 heteroatoms. The number of carbonyl (C=O) groups excluding carboxylic acids is 1. The first kappa shape index (κ1) is 18.1. The molecule has 3 aliphatic rings. The van der Waals surface area contributed by atoms with Crippen LogP contribution in [0.25, 0.3) is 0 Å². The van der Waals surface area contributed by atoms with Crippen molar-refractivity contribution in [2.24, 2.45) is 11.8 Å². The first-order chi connectivity index (χ1) is 14.2. The molecule has 5 rings (SSSR count). The summed E-state index contributed by atoms with van der Waals surface area (Å²) in [5.41, 5.74) is 3.02. The Kier molecular flexibility index (Phi) is 4.28. The summed E-state index contributed by atoms with van der Waals surface area (Å²) >= 11 is 0. The molecule has 2 aromatic rings. The van der Waals surface area contributed by atoms with Crippen LogP contribution < -0.4 is 23.7 Å². The Morgan fingerprint density at radius 1 is 0.931 bits per heavy atom. The van der Waals surface area contributed by atoms with E-state index in [0.717, 1.165) is 23.0 Å². The topological polar surface area (TPSA) is 72.5 Å². The zero-order valence-electron chi connectivity index (χ0n) is 16.5. The number of benzene rings is 2. The molecule has 2 heterocycles. The van der Waals surface area contributed by atoms with E-state index in [1.165, 1.54) is 0 Å². The molecule has 1 saturated heterocycles. The molecular formula is C22H22O7. The van der Waals surface area contributed by atoms with Gasteiger partial charge in [-0.15, -0.1) is 0 Å². The second-order valence-corrected chi connectivity index (χ2v) is 7.40. The second-order valence-electron chi connectivity index (χ2n) is 7.40. The Balaban J connectivity index is 1.72. The SMILES string of the molecule is COc1cc([C@@H]2c3cc4c(cc3[C@@H]3OC[C@H]2[C@@H]3C=O)OCO4)cc(OC)c1OC. The zero-order valence-corrected chi connectivity index (χ0v) is 16.5. The van der Waals surface area contributed by atoms with Gasteiger partial charge in [-0.3, -0.25) is 0 Å². The van der Waals surface area contributed by atoms with E-state index in [1.807, 2.05) is 24.3 Å². The van der Waals surface area contributed by atoms with Crippen LogP contribution in [0.4, 0.5) is 0 Å². The Morgan fingerprint density at radius 2 is 1.59 bits per heavy atom. The van der Waals surface area contributed by atoms with Gasteiger partial charge >= 0.3 is 0 Å². The normalized spacial score (nSPS) is 26.0. The molecule has 29 heavy (non-hydrogen) atoms. The molecule has 1 fully saturated rings. The third-order valence-corrected chi connectivity index (χ3v) is 6.16. The molecular weight excluding hydrogens is 376 g/mol. The Morgan fingerprint density at radius 3 is 2.17 bits per heavy atom. The van der Waals surface area contributed by atoms with Gasteiger partial charge in [0.15, 0.2) is 23.0 Å². The summed E-state index contributed by atoms with van der Waals surface area (Å²) in [7, 11) is 4.77. The Bertz CT molecular complexity index is 945. The molecule has 4 atom stereocenters. The number of rotatable bonds is 5. The summed E-state index contributed by atoms with van der Waals surface area (Å²) in [6.45, 7) is 0.690. The van der Waals surface area contributed by atoms with Gasteiger partial charge in [0.25, 0.3) is 0 Å². The van der Waals surface area contributed by atoms with E-state index in [0.29, 0.717) is 35.4 Å². The zero-order chi connectivity index (χ0) is 20.1. The van der Waals surface area contributed by atoms with Crippen LogP contribution in [0.3, 0.4) is 0 Å². The fourth-order valence-electron chi connectivity index (χ4n) is 4.88. The van der Waals surface area contributed by atoms with Gasteiger partial charge in [-0.05, 0) is 41.0 Å². The first-order valence-corrected chi connectivity index (χ1v) is 9.50. The summed E-state index contributed by atoms with van der Waals surface area (Å²) in [6, 6.07) is 7.86. The molecule has 152 valence electrons. The van der Waals surface area contributed by atoms with E-state index in [1.54, 1.807) is 21.3 Å². The van der Waals surface area contributed by atoms with Crippen LogP contribution in [0.2, 0.25) is 0 Å². The number of aldehydes is 1. The van der Waals surface area contributed by atoms with E-state index in [9.17, 15) is 4.79 Å². The Hall–Kier alpha value is -2.93. The number of methoxy groups -OCH3 is 3. The number of carbonyl (C=O) groups is 1. The van der Waals surface area contributed by atoms with Crippen LogP contribution in [0.5, 0.6) is 28.7 Å². The van der Waals surface area contributed by atoms with Crippen LogP contribution in [0.1, 0.15) is 28.7 Å². The highest BCUT2D eigenvalue weighted by Gasteiger charge is 2.50. The fraction of sp³-hybridized carbons (Fsp3) is 0.409. The summed E-state index contributed by atoms with van der Waals surface area (Å²) in [5, 5.41) is 0. The minimum Gasteiger partial charge on any atom is -0.493 e. The van der Waals surface area contributed by atoms with Gasteiger partial charge in [-0.25, -0.2) is 0 Å². The molecule has 2 aliphatic heterocycles. The monoisotopic (exact) mass is 398 g/mol. The van der Waals surface area contributed by atoms with Gasteiger partial charge in [0.05, 0.1) is 40.0 Å². The predicted octanol–water partition coefficient (Wildman–Crippen LogP) is 3.09. The van der Waals surface area contributed by atoms with Crippen molar-refractivity contribution in [1.29, 1.82) is 0 Å². The molecule has 2 bridgehead atoms. The van der Waals surface area contributed by atoms with Crippen molar-refractivity contribution in [3.63, 3.8) is 0 Å². The molecule has 2 aromatic carbocycles. The minimum absolute atomic E-state index is 0.00757. The van der Waals surface area contributed by atoms with E-state index in [2.05, 4.69) is 0 Å². The number of ether oxygens (including phenoxy) is 6. The van der Waals surface area contributed by atoms with Crippen molar-refractivity contribution in [2.75, 3.05) is 34.7 Å². The van der Waals surface area contributed by atoms with Crippen LogP contribution in [-0.2, 0) is 9.53 Å². The van der Waals surface area contributed by atoms with Gasteiger partial charge < -0.3 is 33.2 Å². The highest BCUT2D eigenvalue weighted by atomic mass is 16.7. The molecule has 1 aliphatic carbocycles. The molecule has 0 unspecified atom stereocenters. The fourth-order valence-corrected chi connectivity index (χ4v) is 4.88. The van der Waals surface area contributed by atoms with Crippen LogP contribution in [-0.4, -0.2) is 41.0 Å². The lowest BCUT2D eigenvalue weighted by molar-refractivity contribution is -0.113. The number of hydrogen-bond donors (Lipinski definition) is 0. The molecule has 0 aromatic heterocycles. The lowest BCUT2D eigenvalue weighted by atomic mass is 9.67. The van der Waals surface area contributed by atoms with Crippen molar-refractivity contribution in [3.05, 3.63) is 41.0 Å². The van der Waals surface area contributed by atoms with Crippen LogP contribution in [0, 0.1) is 11.8 Å². The maximum atomic E-state index is 12.0. The molecule has 7 nitrogen and oxygen atoms in total. The summed E-state index contributed by atoms with van der Waals surface area (Å²) < 4.78 is 33.8. The standard InChI is InChI=1S/C22H22O7/c1-24-18-4-11(5-19(25-2)22(18)26-3)20-12-6-16-17(29-10-28-16)7-13(12)21-14(8-23)15(20)9-27-21/h4-8,14-15,20-21H,9-10H2,1-3H3/t14-,15-,20+,21-/m0/s1. The van der Waals surface area contributed by atoms with E-state index < -0.39 is 0 Å². The molecule has 0 saturated carbocycles. The second kappa shape index (κ2) is 6.84. The quantitative estimate of drug-likeness (QED) is 0.717. The van der Waals surface area contributed by atoms with E-state index >= 15 is 0 Å². The minimum atomic E-state index is -0.264. The third kappa shape index (κ3) is 2.57. The lowest BCUT2D eigenvalue weighted by Gasteiger charge is -2.35. The van der Waals surface area contributed by atoms with Gasteiger partial charge in [0.2, 0.25) is 12.5 Å². The van der Waals surface area contributed by atoms with Gasteiger partial charge in [-0.1, -0.05) is 0 Å². The van der Waals surface area contributed by atoms with Crippen molar-refractivity contribution in [1.82, 2.24) is 0 Å². The number of hydrogen-bond acceptors (Lipinski definition) is 7. The number of fused-ring (bicyclic) bond motifs is 5. The van der Waals surface area contributed by atoms with Crippen molar-refractivity contribution in [2.45, 2.75) is 12.0 Å². The average Bonchev–Trinajstić information content (AvgIpc) is 3.35. The smallest absolute Gasteiger partial charge is 0.231 e. The molecule has 0 N–H and O–H groups in total. The molecule has 0 spiro atoms. The summed E-state index contributed by atoms with van der Waals surface area (Å²) in [6.07, 6.45) is 0.751. The van der Waals surface area contributed by atoms with Crippen molar-refractivity contribution >= 4 is 6.29 Å². The highest BCUT2D eigenvalue weighted by molar-refractivity contribution is 5.64. The maximum Gasteiger partial charge on any atom is 0.231 e. The summed E-state index contributed by atoms with van der Waals surface area (Å²) in [4.78, 5) is 12.0.